The predicted molar refractivity (Wildman–Crippen MR) is 119 cm³/mol. The molecule has 0 radical (unpaired) electrons. The van der Waals surface area contributed by atoms with Crippen LogP contribution in [-0.4, -0.2) is 29.5 Å². The SMILES string of the molecule is O=C1Cn2c(Br)c(C3CCCCC3)c3ccc(cc32)C(=O)NCCC=CCCN1. The van der Waals surface area contributed by atoms with E-state index in [9.17, 15) is 9.59 Å². The first-order valence-corrected chi connectivity index (χ1v) is 11.5. The summed E-state index contributed by atoms with van der Waals surface area (Å²) in [6, 6.07) is 5.91. The third-order valence-electron chi connectivity index (χ3n) is 6.01. The third-order valence-corrected chi connectivity index (χ3v) is 6.87. The van der Waals surface area contributed by atoms with Crippen molar-refractivity contribution in [2.24, 2.45) is 0 Å². The number of benzene rings is 1. The molecule has 0 atom stereocenters. The van der Waals surface area contributed by atoms with Crippen molar-refractivity contribution in [1.29, 1.82) is 0 Å². The molecule has 1 fully saturated rings. The molecule has 0 saturated heterocycles. The zero-order chi connectivity index (χ0) is 20.2. The summed E-state index contributed by atoms with van der Waals surface area (Å²) in [6.45, 7) is 1.48. The van der Waals surface area contributed by atoms with Crippen LogP contribution < -0.4 is 10.6 Å². The van der Waals surface area contributed by atoms with E-state index in [2.05, 4.69) is 38.7 Å². The number of carbonyl (C=O) groups excluding carboxylic acids is 2. The number of hydrogen-bond donors (Lipinski definition) is 2. The van der Waals surface area contributed by atoms with Gasteiger partial charge in [-0.1, -0.05) is 37.5 Å². The van der Waals surface area contributed by atoms with E-state index in [4.69, 9.17) is 0 Å². The normalized spacial score (nSPS) is 19.6. The Morgan fingerprint density at radius 3 is 2.45 bits per heavy atom. The molecule has 1 aliphatic heterocycles. The third kappa shape index (κ3) is 4.42. The van der Waals surface area contributed by atoms with Crippen LogP contribution >= 0.6 is 15.9 Å². The lowest BCUT2D eigenvalue weighted by Gasteiger charge is -2.22. The minimum atomic E-state index is -0.0669. The topological polar surface area (TPSA) is 63.1 Å². The molecule has 5 nitrogen and oxygen atoms in total. The molecule has 2 aromatic rings. The Labute approximate surface area is 180 Å². The fourth-order valence-electron chi connectivity index (χ4n) is 4.52. The van der Waals surface area contributed by atoms with Crippen molar-refractivity contribution >= 4 is 38.6 Å². The summed E-state index contributed by atoms with van der Waals surface area (Å²) in [4.78, 5) is 25.2. The van der Waals surface area contributed by atoms with Crippen molar-refractivity contribution in [3.05, 3.63) is 46.1 Å². The Balaban J connectivity index is 1.78. The molecule has 2 amide bonds. The summed E-state index contributed by atoms with van der Waals surface area (Å²) < 4.78 is 3.01. The number of aromatic nitrogens is 1. The Kier molecular flexibility index (Phi) is 6.38. The molecule has 1 aromatic heterocycles. The van der Waals surface area contributed by atoms with E-state index < -0.39 is 0 Å². The van der Waals surface area contributed by atoms with E-state index >= 15 is 0 Å². The van der Waals surface area contributed by atoms with Gasteiger partial charge >= 0.3 is 0 Å². The van der Waals surface area contributed by atoms with Gasteiger partial charge in [-0.15, -0.1) is 0 Å². The first kappa shape index (κ1) is 20.2. The van der Waals surface area contributed by atoms with Crippen LogP contribution in [0.5, 0.6) is 0 Å². The number of rotatable bonds is 1. The molecule has 2 aliphatic rings. The smallest absolute Gasteiger partial charge is 0.251 e. The lowest BCUT2D eigenvalue weighted by molar-refractivity contribution is -0.121. The molecule has 2 heterocycles. The zero-order valence-electron chi connectivity index (χ0n) is 16.7. The van der Waals surface area contributed by atoms with Crippen molar-refractivity contribution in [2.75, 3.05) is 13.1 Å². The minimum Gasteiger partial charge on any atom is -0.354 e. The summed E-state index contributed by atoms with van der Waals surface area (Å²) in [6.07, 6.45) is 11.8. The second-order valence-corrected chi connectivity index (χ2v) is 8.76. The summed E-state index contributed by atoms with van der Waals surface area (Å²) in [5, 5.41) is 7.16. The average molecular weight is 458 g/mol. The van der Waals surface area contributed by atoms with E-state index in [1.165, 1.54) is 37.7 Å². The molecule has 1 aromatic carbocycles. The Bertz CT molecular complexity index is 941. The lowest BCUT2D eigenvalue weighted by Crippen LogP contribution is -2.28. The van der Waals surface area contributed by atoms with Crippen LogP contribution in [0.15, 0.2) is 35.0 Å². The van der Waals surface area contributed by atoms with Crippen molar-refractivity contribution in [3.8, 4) is 0 Å². The number of amides is 2. The van der Waals surface area contributed by atoms with E-state index in [0.717, 1.165) is 28.3 Å². The quantitative estimate of drug-likeness (QED) is 0.612. The van der Waals surface area contributed by atoms with Crippen LogP contribution in [0.4, 0.5) is 0 Å². The summed E-state index contributed by atoms with van der Waals surface area (Å²) in [5.41, 5.74) is 2.88. The highest BCUT2D eigenvalue weighted by Crippen LogP contribution is 2.42. The Hall–Kier alpha value is -2.08. The van der Waals surface area contributed by atoms with Crippen molar-refractivity contribution < 1.29 is 9.59 Å². The first-order chi connectivity index (χ1) is 14.1. The van der Waals surface area contributed by atoms with E-state index in [1.807, 2.05) is 22.8 Å². The molecule has 1 aliphatic carbocycles. The molecule has 6 heteroatoms. The van der Waals surface area contributed by atoms with Gasteiger partial charge in [0.05, 0.1) is 10.1 Å². The lowest BCUT2D eigenvalue weighted by atomic mass is 9.84. The van der Waals surface area contributed by atoms with Gasteiger partial charge in [-0.3, -0.25) is 9.59 Å². The van der Waals surface area contributed by atoms with Gasteiger partial charge in [0.2, 0.25) is 5.91 Å². The first-order valence-electron chi connectivity index (χ1n) is 10.7. The van der Waals surface area contributed by atoms with E-state index in [1.54, 1.807) is 0 Å². The van der Waals surface area contributed by atoms with Gasteiger partial charge < -0.3 is 15.2 Å². The highest BCUT2D eigenvalue weighted by Gasteiger charge is 2.25. The second-order valence-electron chi connectivity index (χ2n) is 8.01. The summed E-state index contributed by atoms with van der Waals surface area (Å²) in [5.74, 6) is 0.430. The highest BCUT2D eigenvalue weighted by molar-refractivity contribution is 9.10. The number of hydrogen-bond acceptors (Lipinski definition) is 2. The van der Waals surface area contributed by atoms with E-state index in [0.29, 0.717) is 24.6 Å². The fraction of sp³-hybridized carbons (Fsp3) is 0.478. The number of nitrogens with one attached hydrogen (secondary N) is 2. The van der Waals surface area contributed by atoms with Gasteiger partial charge in [0.1, 0.15) is 6.54 Å². The average Bonchev–Trinajstić information content (AvgIpc) is 3.00. The van der Waals surface area contributed by atoms with Crippen LogP contribution in [0, 0.1) is 0 Å². The molecule has 2 bridgehead atoms. The number of nitrogens with zero attached hydrogens (tertiary/aromatic N) is 1. The Morgan fingerprint density at radius 2 is 1.69 bits per heavy atom. The molecular weight excluding hydrogens is 430 g/mol. The highest BCUT2D eigenvalue weighted by atomic mass is 79.9. The van der Waals surface area contributed by atoms with Crippen molar-refractivity contribution in [2.45, 2.75) is 57.4 Å². The molecule has 2 N–H and O–H groups in total. The van der Waals surface area contributed by atoms with E-state index in [-0.39, 0.29) is 18.4 Å². The van der Waals surface area contributed by atoms with Gasteiger partial charge in [-0.25, -0.2) is 0 Å². The summed E-state index contributed by atoms with van der Waals surface area (Å²) in [7, 11) is 0. The number of fused-ring (bicyclic) bond motifs is 1. The number of carbonyl (C=O) groups is 2. The van der Waals surface area contributed by atoms with Crippen LogP contribution in [-0.2, 0) is 11.3 Å². The molecular formula is C23H28BrN3O2. The molecule has 0 spiro atoms. The molecule has 4 rings (SSSR count). The Morgan fingerprint density at radius 1 is 0.966 bits per heavy atom. The molecule has 0 unspecified atom stereocenters. The maximum absolute atomic E-state index is 12.6. The monoisotopic (exact) mass is 457 g/mol. The maximum Gasteiger partial charge on any atom is 0.251 e. The minimum absolute atomic E-state index is 0.00378. The van der Waals surface area contributed by atoms with Crippen molar-refractivity contribution in [3.63, 3.8) is 0 Å². The van der Waals surface area contributed by atoms with Crippen LogP contribution in [0.3, 0.4) is 0 Å². The van der Waals surface area contributed by atoms with Crippen LogP contribution in [0.1, 0.15) is 66.8 Å². The van der Waals surface area contributed by atoms with Gasteiger partial charge in [-0.2, -0.15) is 0 Å². The van der Waals surface area contributed by atoms with Crippen molar-refractivity contribution in [1.82, 2.24) is 15.2 Å². The second kappa shape index (κ2) is 9.16. The molecule has 1 saturated carbocycles. The summed E-state index contributed by atoms with van der Waals surface area (Å²) >= 11 is 3.81. The van der Waals surface area contributed by atoms with Gasteiger partial charge in [0.15, 0.2) is 0 Å². The molecule has 154 valence electrons. The van der Waals surface area contributed by atoms with Gasteiger partial charge in [-0.05, 0) is 65.2 Å². The van der Waals surface area contributed by atoms with Gasteiger partial charge in [0.25, 0.3) is 5.91 Å². The number of halogens is 1. The maximum atomic E-state index is 12.6. The zero-order valence-corrected chi connectivity index (χ0v) is 18.3. The van der Waals surface area contributed by atoms with Crippen LogP contribution in [0.25, 0.3) is 10.9 Å². The van der Waals surface area contributed by atoms with Gasteiger partial charge in [0, 0.05) is 24.0 Å². The predicted octanol–water partition coefficient (Wildman–Crippen LogP) is 4.65. The largest absolute Gasteiger partial charge is 0.354 e. The molecule has 29 heavy (non-hydrogen) atoms. The standard InChI is InChI=1S/C23H28BrN3O2/c24-22-21(16-8-4-3-5-9-16)18-11-10-17-14-19(18)27(22)15-20(28)25-12-6-1-2-7-13-26-23(17)29/h1-2,10-11,14,16H,3-9,12-13,15H2,(H,25,28)(H,26,29). The fourth-order valence-corrected chi connectivity index (χ4v) is 5.38. The van der Waals surface area contributed by atoms with Crippen LogP contribution in [0.2, 0.25) is 0 Å².